The van der Waals surface area contributed by atoms with E-state index in [-0.39, 0.29) is 21.7 Å². The molecular formula is C6H5Ti-. The number of rotatable bonds is 0. The SMILES string of the molecule is [Ti].[c-]1ccccc1. The third-order valence-electron chi connectivity index (χ3n) is 0.607. The summed E-state index contributed by atoms with van der Waals surface area (Å²) in [6.45, 7) is 0. The summed E-state index contributed by atoms with van der Waals surface area (Å²) >= 11 is 0. The molecule has 0 spiro atoms. The molecule has 0 bridgehead atoms. The molecule has 7 heavy (non-hydrogen) atoms. The van der Waals surface area contributed by atoms with E-state index in [1.54, 1.807) is 0 Å². The summed E-state index contributed by atoms with van der Waals surface area (Å²) < 4.78 is 0. The molecule has 0 saturated heterocycles. The minimum Gasteiger partial charge on any atom is -0.184 e. The summed E-state index contributed by atoms with van der Waals surface area (Å²) in [5, 5.41) is 0. The molecule has 0 atom stereocenters. The first kappa shape index (κ1) is 6.93. The predicted octanol–water partition coefficient (Wildman–Crippen LogP) is 1.48. The van der Waals surface area contributed by atoms with Crippen LogP contribution >= 0.6 is 0 Å². The van der Waals surface area contributed by atoms with Crippen molar-refractivity contribution in [3.8, 4) is 0 Å². The fraction of sp³-hybridized carbons (Fsp3) is 0. The molecule has 34 valence electrons. The molecule has 0 heterocycles. The zero-order chi connectivity index (χ0) is 4.24. The van der Waals surface area contributed by atoms with E-state index in [1.165, 1.54) is 0 Å². The first-order valence-corrected chi connectivity index (χ1v) is 1.91. The molecule has 0 nitrogen and oxygen atoms in total. The maximum atomic E-state index is 2.89. The van der Waals surface area contributed by atoms with Crippen molar-refractivity contribution in [3.05, 3.63) is 36.4 Å². The largest absolute Gasteiger partial charge is 0.184 e. The van der Waals surface area contributed by atoms with Gasteiger partial charge in [-0.05, 0) is 0 Å². The number of benzene rings is 1. The summed E-state index contributed by atoms with van der Waals surface area (Å²) in [5.74, 6) is 0. The first-order chi connectivity index (χ1) is 3.00. The Morgan fingerprint density at radius 3 is 1.57 bits per heavy atom. The fourth-order valence-electron chi connectivity index (χ4n) is 0.342. The Kier molecular flexibility index (Phi) is 4.06. The van der Waals surface area contributed by atoms with Crippen LogP contribution in [0.25, 0.3) is 0 Å². The van der Waals surface area contributed by atoms with Crippen LogP contribution in [0, 0.1) is 6.07 Å². The first-order valence-electron chi connectivity index (χ1n) is 1.91. The fourth-order valence-corrected chi connectivity index (χ4v) is 0.342. The van der Waals surface area contributed by atoms with Gasteiger partial charge < -0.3 is 0 Å². The summed E-state index contributed by atoms with van der Waals surface area (Å²) in [5.41, 5.74) is 0. The van der Waals surface area contributed by atoms with Gasteiger partial charge in [-0.25, -0.2) is 0 Å². The van der Waals surface area contributed by atoms with Gasteiger partial charge in [0.2, 0.25) is 0 Å². The van der Waals surface area contributed by atoms with Crippen molar-refractivity contribution in [2.45, 2.75) is 0 Å². The van der Waals surface area contributed by atoms with E-state index in [9.17, 15) is 0 Å². The summed E-state index contributed by atoms with van der Waals surface area (Å²) in [6.07, 6.45) is 0. The van der Waals surface area contributed by atoms with Crippen molar-refractivity contribution in [1.82, 2.24) is 0 Å². The minimum absolute atomic E-state index is 0. The molecule has 1 heteroatoms. The summed E-state index contributed by atoms with van der Waals surface area (Å²) in [4.78, 5) is 0. The second kappa shape index (κ2) is 4.10. The third kappa shape index (κ3) is 2.61. The van der Waals surface area contributed by atoms with Crippen LogP contribution in [-0.4, -0.2) is 0 Å². The maximum absolute atomic E-state index is 2.89. The number of hydrogen-bond acceptors (Lipinski definition) is 0. The van der Waals surface area contributed by atoms with Crippen LogP contribution < -0.4 is 0 Å². The van der Waals surface area contributed by atoms with Crippen molar-refractivity contribution in [3.63, 3.8) is 0 Å². The zero-order valence-electron chi connectivity index (χ0n) is 3.89. The van der Waals surface area contributed by atoms with Gasteiger partial charge in [0.25, 0.3) is 0 Å². The van der Waals surface area contributed by atoms with E-state index in [2.05, 4.69) is 6.07 Å². The Bertz CT molecular complexity index is 76.1. The van der Waals surface area contributed by atoms with Crippen molar-refractivity contribution < 1.29 is 21.7 Å². The van der Waals surface area contributed by atoms with Gasteiger partial charge in [0, 0.05) is 21.7 Å². The monoisotopic (exact) mass is 125 g/mol. The summed E-state index contributed by atoms with van der Waals surface area (Å²) in [6, 6.07) is 12.5. The molecule has 0 aliphatic heterocycles. The molecule has 0 N–H and O–H groups in total. The molecule has 0 amide bonds. The van der Waals surface area contributed by atoms with Crippen LogP contribution in [0.4, 0.5) is 0 Å². The average molecular weight is 125 g/mol. The van der Waals surface area contributed by atoms with Gasteiger partial charge in [-0.2, -0.15) is 36.4 Å². The molecule has 0 aromatic heterocycles. The molecule has 0 radical (unpaired) electrons. The number of hydrogen-bond donors (Lipinski definition) is 0. The van der Waals surface area contributed by atoms with E-state index < -0.39 is 0 Å². The van der Waals surface area contributed by atoms with Crippen LogP contribution in [0.2, 0.25) is 0 Å². The van der Waals surface area contributed by atoms with Gasteiger partial charge in [-0.15, -0.1) is 0 Å². The van der Waals surface area contributed by atoms with Crippen molar-refractivity contribution >= 4 is 0 Å². The third-order valence-corrected chi connectivity index (χ3v) is 0.607. The van der Waals surface area contributed by atoms with E-state index in [1.807, 2.05) is 30.3 Å². The van der Waals surface area contributed by atoms with Crippen LogP contribution in [0.15, 0.2) is 30.3 Å². The quantitative estimate of drug-likeness (QED) is 0.364. The van der Waals surface area contributed by atoms with Gasteiger partial charge >= 0.3 is 0 Å². The van der Waals surface area contributed by atoms with Gasteiger partial charge in [0.1, 0.15) is 0 Å². The standard InChI is InChI=1S/C6H5.Ti/c1-2-4-6-5-3-1;/h1-5H;/q-1;. The maximum Gasteiger partial charge on any atom is 0 e. The molecular weight excluding hydrogens is 120 g/mol. The second-order valence-corrected chi connectivity index (χ2v) is 1.08. The van der Waals surface area contributed by atoms with E-state index >= 15 is 0 Å². The molecule has 0 fully saturated rings. The van der Waals surface area contributed by atoms with Gasteiger partial charge in [-0.1, -0.05) is 0 Å². The molecule has 1 aromatic rings. The van der Waals surface area contributed by atoms with Gasteiger partial charge in [0.05, 0.1) is 0 Å². The van der Waals surface area contributed by atoms with Crippen LogP contribution in [0.3, 0.4) is 0 Å². The average Bonchev–Trinajstić information content (AvgIpc) is 1.72. The molecule has 0 saturated carbocycles. The Hall–Kier alpha value is -0.0657. The Labute approximate surface area is 58.4 Å². The topological polar surface area (TPSA) is 0 Å². The van der Waals surface area contributed by atoms with Gasteiger partial charge in [0.15, 0.2) is 0 Å². The predicted molar refractivity (Wildman–Crippen MR) is 25.3 cm³/mol. The molecule has 0 aliphatic carbocycles. The van der Waals surface area contributed by atoms with Crippen LogP contribution in [-0.2, 0) is 21.7 Å². The minimum atomic E-state index is 0. The molecule has 1 rings (SSSR count). The zero-order valence-corrected chi connectivity index (χ0v) is 5.45. The second-order valence-electron chi connectivity index (χ2n) is 1.08. The Balaban J connectivity index is 0.000000360. The van der Waals surface area contributed by atoms with Crippen LogP contribution in [0.5, 0.6) is 0 Å². The van der Waals surface area contributed by atoms with E-state index in [0.29, 0.717) is 0 Å². The molecule has 0 aliphatic rings. The van der Waals surface area contributed by atoms with E-state index in [4.69, 9.17) is 0 Å². The molecule has 0 unspecified atom stereocenters. The smallest absolute Gasteiger partial charge is 0 e. The summed E-state index contributed by atoms with van der Waals surface area (Å²) in [7, 11) is 0. The molecule has 1 aromatic carbocycles. The van der Waals surface area contributed by atoms with Crippen molar-refractivity contribution in [1.29, 1.82) is 0 Å². The van der Waals surface area contributed by atoms with Gasteiger partial charge in [-0.3, -0.25) is 0 Å². The van der Waals surface area contributed by atoms with E-state index in [0.717, 1.165) is 0 Å². The Morgan fingerprint density at radius 2 is 1.43 bits per heavy atom. The van der Waals surface area contributed by atoms with Crippen molar-refractivity contribution in [2.75, 3.05) is 0 Å². The normalized spacial score (nSPS) is 6.86. The Morgan fingerprint density at radius 1 is 0.857 bits per heavy atom. The van der Waals surface area contributed by atoms with Crippen LogP contribution in [0.1, 0.15) is 0 Å². The van der Waals surface area contributed by atoms with Crippen molar-refractivity contribution in [2.24, 2.45) is 0 Å².